The Morgan fingerprint density at radius 2 is 2.05 bits per heavy atom. The highest BCUT2D eigenvalue weighted by Crippen LogP contribution is 2.31. The van der Waals surface area contributed by atoms with E-state index >= 15 is 0 Å². The third-order valence-corrected chi connectivity index (χ3v) is 3.41. The number of nitrogens with one attached hydrogen (secondary N) is 1. The fourth-order valence-corrected chi connectivity index (χ4v) is 2.20. The number of nitrogens with zero attached hydrogens (tertiary/aromatic N) is 1. The maximum Gasteiger partial charge on any atom is 0.416 e. The minimum Gasteiger partial charge on any atom is -0.336 e. The molecule has 1 unspecified atom stereocenters. The fraction of sp³-hybridized carbons (Fsp3) is 0.533. The highest BCUT2D eigenvalue weighted by atomic mass is 19.4. The van der Waals surface area contributed by atoms with Gasteiger partial charge in [0, 0.05) is 19.5 Å². The second-order valence-electron chi connectivity index (χ2n) is 4.83. The monoisotopic (exact) mass is 302 g/mol. The number of carbonyl (C=O) groups excluding carboxylic acids is 1. The molecular formula is C15H21F3N2O. The number of hydrogen-bond acceptors (Lipinski definition) is 2. The molecule has 0 radical (unpaired) electrons. The number of rotatable bonds is 6. The SMILES string of the molecule is CCN(C(=O)CCNC)C(C)c1cccc(C(F)(F)F)c1. The van der Waals surface area contributed by atoms with Crippen LogP contribution in [0.15, 0.2) is 24.3 Å². The van der Waals surface area contributed by atoms with Crippen LogP contribution < -0.4 is 5.32 Å². The molecule has 0 bridgehead atoms. The highest BCUT2D eigenvalue weighted by Gasteiger charge is 2.31. The summed E-state index contributed by atoms with van der Waals surface area (Å²) >= 11 is 0. The van der Waals surface area contributed by atoms with E-state index in [-0.39, 0.29) is 11.9 Å². The highest BCUT2D eigenvalue weighted by molar-refractivity contribution is 5.76. The summed E-state index contributed by atoms with van der Waals surface area (Å²) < 4.78 is 38.3. The Hall–Kier alpha value is -1.56. The van der Waals surface area contributed by atoms with Crippen LogP contribution in [0.25, 0.3) is 0 Å². The molecule has 0 fully saturated rings. The Labute approximate surface area is 123 Å². The molecule has 0 spiro atoms. The summed E-state index contributed by atoms with van der Waals surface area (Å²) in [4.78, 5) is 13.7. The lowest BCUT2D eigenvalue weighted by molar-refractivity contribution is -0.137. The molecule has 1 aromatic carbocycles. The number of carbonyl (C=O) groups is 1. The van der Waals surface area contributed by atoms with Gasteiger partial charge in [0.2, 0.25) is 5.91 Å². The van der Waals surface area contributed by atoms with Crippen molar-refractivity contribution in [1.29, 1.82) is 0 Å². The van der Waals surface area contributed by atoms with E-state index in [4.69, 9.17) is 0 Å². The molecule has 3 nitrogen and oxygen atoms in total. The first-order chi connectivity index (χ1) is 9.81. The number of alkyl halides is 3. The van der Waals surface area contributed by atoms with Crippen molar-refractivity contribution in [3.63, 3.8) is 0 Å². The van der Waals surface area contributed by atoms with Gasteiger partial charge in [-0.1, -0.05) is 12.1 Å². The molecule has 0 aliphatic rings. The first kappa shape index (κ1) is 17.5. The molecule has 0 heterocycles. The van der Waals surface area contributed by atoms with Crippen molar-refractivity contribution in [3.05, 3.63) is 35.4 Å². The molecule has 0 aliphatic carbocycles. The van der Waals surface area contributed by atoms with Crippen molar-refractivity contribution >= 4 is 5.91 Å². The van der Waals surface area contributed by atoms with Gasteiger partial charge in [0.15, 0.2) is 0 Å². The van der Waals surface area contributed by atoms with Crippen molar-refractivity contribution in [2.24, 2.45) is 0 Å². The van der Waals surface area contributed by atoms with Gasteiger partial charge in [0.05, 0.1) is 11.6 Å². The Balaban J connectivity index is 2.95. The molecule has 0 aliphatic heterocycles. The molecule has 1 rings (SSSR count). The van der Waals surface area contributed by atoms with Gasteiger partial charge in [-0.15, -0.1) is 0 Å². The van der Waals surface area contributed by atoms with E-state index in [1.54, 1.807) is 24.9 Å². The third-order valence-electron chi connectivity index (χ3n) is 3.41. The van der Waals surface area contributed by atoms with Gasteiger partial charge in [0.25, 0.3) is 0 Å². The molecule has 1 aromatic rings. The van der Waals surface area contributed by atoms with Crippen LogP contribution in [-0.2, 0) is 11.0 Å². The predicted octanol–water partition coefficient (Wildman–Crippen LogP) is 3.22. The lowest BCUT2D eigenvalue weighted by Gasteiger charge is -2.29. The Morgan fingerprint density at radius 1 is 1.38 bits per heavy atom. The molecule has 6 heteroatoms. The van der Waals surface area contributed by atoms with Gasteiger partial charge in [-0.05, 0) is 38.6 Å². The number of benzene rings is 1. The standard InChI is InChI=1S/C15H21F3N2O/c1-4-20(14(21)8-9-19-3)11(2)12-6-5-7-13(10-12)15(16,17)18/h5-7,10-11,19H,4,8-9H2,1-3H3. The normalized spacial score (nSPS) is 13.0. The summed E-state index contributed by atoms with van der Waals surface area (Å²) in [5.41, 5.74) is -0.199. The second-order valence-corrected chi connectivity index (χ2v) is 4.83. The van der Waals surface area contributed by atoms with Crippen LogP contribution in [0.3, 0.4) is 0 Å². The van der Waals surface area contributed by atoms with E-state index in [2.05, 4.69) is 5.32 Å². The zero-order valence-corrected chi connectivity index (χ0v) is 12.5. The topological polar surface area (TPSA) is 32.3 Å². The van der Waals surface area contributed by atoms with Gasteiger partial charge in [-0.2, -0.15) is 13.2 Å². The molecule has 1 N–H and O–H groups in total. The Bertz CT molecular complexity index is 474. The summed E-state index contributed by atoms with van der Waals surface area (Å²) in [6, 6.07) is 4.75. The maximum absolute atomic E-state index is 12.8. The maximum atomic E-state index is 12.8. The zero-order valence-electron chi connectivity index (χ0n) is 12.5. The van der Waals surface area contributed by atoms with E-state index in [1.807, 2.05) is 6.92 Å². The lowest BCUT2D eigenvalue weighted by atomic mass is 10.0. The average Bonchev–Trinajstić information content (AvgIpc) is 2.45. The Morgan fingerprint density at radius 3 is 2.57 bits per heavy atom. The van der Waals surface area contributed by atoms with Crippen molar-refractivity contribution in [1.82, 2.24) is 10.2 Å². The van der Waals surface area contributed by atoms with Crippen LogP contribution in [0, 0.1) is 0 Å². The van der Waals surface area contributed by atoms with Crippen LogP contribution in [0.5, 0.6) is 0 Å². The van der Waals surface area contributed by atoms with Crippen molar-refractivity contribution in [2.75, 3.05) is 20.1 Å². The van der Waals surface area contributed by atoms with Gasteiger partial charge < -0.3 is 10.2 Å². The quantitative estimate of drug-likeness (QED) is 0.875. The first-order valence-corrected chi connectivity index (χ1v) is 6.92. The lowest BCUT2D eigenvalue weighted by Crippen LogP contribution is -2.35. The summed E-state index contributed by atoms with van der Waals surface area (Å²) in [7, 11) is 1.75. The smallest absolute Gasteiger partial charge is 0.336 e. The van der Waals surface area contributed by atoms with E-state index < -0.39 is 11.7 Å². The minimum absolute atomic E-state index is 0.0724. The zero-order chi connectivity index (χ0) is 16.0. The van der Waals surface area contributed by atoms with Crippen LogP contribution in [0.1, 0.15) is 37.4 Å². The Kier molecular flexibility index (Phi) is 6.20. The minimum atomic E-state index is -4.37. The molecular weight excluding hydrogens is 281 g/mol. The summed E-state index contributed by atoms with van der Waals surface area (Å²) in [5, 5.41) is 2.89. The van der Waals surface area contributed by atoms with Crippen molar-refractivity contribution in [3.8, 4) is 0 Å². The van der Waals surface area contributed by atoms with Gasteiger partial charge >= 0.3 is 6.18 Å². The van der Waals surface area contributed by atoms with Crippen molar-refractivity contribution in [2.45, 2.75) is 32.5 Å². The summed E-state index contributed by atoms with van der Waals surface area (Å²) in [5.74, 6) is -0.0724. The summed E-state index contributed by atoms with van der Waals surface area (Å²) in [6.45, 7) is 4.57. The molecule has 21 heavy (non-hydrogen) atoms. The molecule has 118 valence electrons. The largest absolute Gasteiger partial charge is 0.416 e. The second kappa shape index (κ2) is 7.45. The third kappa shape index (κ3) is 4.74. The van der Waals surface area contributed by atoms with Crippen LogP contribution in [-0.4, -0.2) is 30.9 Å². The summed E-state index contributed by atoms with van der Waals surface area (Å²) in [6.07, 6.45) is -4.05. The number of amides is 1. The van der Waals surface area contributed by atoms with Crippen LogP contribution in [0.2, 0.25) is 0 Å². The average molecular weight is 302 g/mol. The fourth-order valence-electron chi connectivity index (χ4n) is 2.20. The molecule has 0 saturated heterocycles. The first-order valence-electron chi connectivity index (χ1n) is 6.92. The van der Waals surface area contributed by atoms with Gasteiger partial charge in [-0.3, -0.25) is 4.79 Å². The van der Waals surface area contributed by atoms with E-state index in [0.717, 1.165) is 12.1 Å². The van der Waals surface area contributed by atoms with E-state index in [9.17, 15) is 18.0 Å². The van der Waals surface area contributed by atoms with Gasteiger partial charge in [-0.25, -0.2) is 0 Å². The predicted molar refractivity (Wildman–Crippen MR) is 75.8 cm³/mol. The van der Waals surface area contributed by atoms with E-state index in [1.165, 1.54) is 6.07 Å². The van der Waals surface area contributed by atoms with Gasteiger partial charge in [0.1, 0.15) is 0 Å². The molecule has 1 amide bonds. The molecule has 0 aromatic heterocycles. The molecule has 1 atom stereocenters. The number of halogens is 3. The van der Waals surface area contributed by atoms with Crippen molar-refractivity contribution < 1.29 is 18.0 Å². The number of hydrogen-bond donors (Lipinski definition) is 1. The van der Waals surface area contributed by atoms with Crippen LogP contribution in [0.4, 0.5) is 13.2 Å². The molecule has 0 saturated carbocycles. The van der Waals surface area contributed by atoms with Crippen LogP contribution >= 0.6 is 0 Å². The van der Waals surface area contributed by atoms with E-state index in [0.29, 0.717) is 25.1 Å².